The highest BCUT2D eigenvalue weighted by Gasteiger charge is 2.22. The molecule has 0 amide bonds. The maximum absolute atomic E-state index is 4.80. The molecule has 0 N–H and O–H groups in total. The van der Waals surface area contributed by atoms with Crippen LogP contribution in [-0.4, -0.2) is 4.98 Å². The van der Waals surface area contributed by atoms with Crippen molar-refractivity contribution in [1.82, 2.24) is 4.98 Å². The lowest BCUT2D eigenvalue weighted by Crippen LogP contribution is -1.94. The fraction of sp³-hybridized carbons (Fsp3) is 0.105. The molecule has 104 valence electrons. The summed E-state index contributed by atoms with van der Waals surface area (Å²) >= 11 is 0. The summed E-state index contributed by atoms with van der Waals surface area (Å²) in [5, 5.41) is 0. The highest BCUT2D eigenvalue weighted by Crippen LogP contribution is 2.40. The highest BCUT2D eigenvalue weighted by atomic mass is 35.5. The first-order chi connectivity index (χ1) is 9.83. The summed E-state index contributed by atoms with van der Waals surface area (Å²) in [7, 11) is 0. The van der Waals surface area contributed by atoms with Gasteiger partial charge in [0.15, 0.2) is 0 Å². The number of aromatic nitrogens is 1. The fourth-order valence-electron chi connectivity index (χ4n) is 3.08. The molecule has 0 aliphatic heterocycles. The van der Waals surface area contributed by atoms with Crippen molar-refractivity contribution in [2.24, 2.45) is 0 Å². The lowest BCUT2D eigenvalue weighted by Gasteiger charge is -2.09. The van der Waals surface area contributed by atoms with E-state index < -0.39 is 0 Å². The molecule has 0 radical (unpaired) electrons. The van der Waals surface area contributed by atoms with Crippen molar-refractivity contribution in [3.63, 3.8) is 0 Å². The summed E-state index contributed by atoms with van der Waals surface area (Å²) < 4.78 is 0. The summed E-state index contributed by atoms with van der Waals surface area (Å²) in [6, 6.07) is 21.4. The Morgan fingerprint density at radius 3 is 2.38 bits per heavy atom. The molecule has 0 fully saturated rings. The summed E-state index contributed by atoms with van der Waals surface area (Å²) in [6.45, 7) is 2.08. The fourth-order valence-corrected chi connectivity index (χ4v) is 3.08. The minimum atomic E-state index is 0. The zero-order valence-electron chi connectivity index (χ0n) is 11.8. The molecule has 0 unspecified atom stereocenters. The molecule has 1 aliphatic carbocycles. The van der Waals surface area contributed by atoms with Crippen molar-refractivity contribution < 1.29 is 0 Å². The monoisotopic (exact) mass is 293 g/mol. The minimum absolute atomic E-state index is 0. The Morgan fingerprint density at radius 2 is 1.57 bits per heavy atom. The van der Waals surface area contributed by atoms with Gasteiger partial charge in [0.1, 0.15) is 0 Å². The van der Waals surface area contributed by atoms with E-state index in [1.54, 1.807) is 0 Å². The molecule has 3 aromatic rings. The first kappa shape index (κ1) is 13.8. The molecule has 0 atom stereocenters. The molecule has 1 aromatic heterocycles. The van der Waals surface area contributed by atoms with Crippen LogP contribution in [0.1, 0.15) is 16.8 Å². The SMILES string of the molecule is Cc1cc2c(c(-c3ccccc3)n1)Cc1ccccc1-2.Cl. The highest BCUT2D eigenvalue weighted by molar-refractivity contribution is 5.85. The summed E-state index contributed by atoms with van der Waals surface area (Å²) in [5.74, 6) is 0. The van der Waals surface area contributed by atoms with E-state index >= 15 is 0 Å². The Kier molecular flexibility index (Phi) is 3.52. The predicted octanol–water partition coefficient (Wildman–Crippen LogP) is 5.05. The molecule has 1 aliphatic rings. The van der Waals surface area contributed by atoms with Gasteiger partial charge in [0.25, 0.3) is 0 Å². The van der Waals surface area contributed by atoms with Crippen LogP contribution in [0.4, 0.5) is 0 Å². The zero-order valence-corrected chi connectivity index (χ0v) is 12.7. The number of halogens is 1. The van der Waals surface area contributed by atoms with E-state index in [-0.39, 0.29) is 12.4 Å². The first-order valence-corrected chi connectivity index (χ1v) is 6.97. The van der Waals surface area contributed by atoms with Gasteiger partial charge >= 0.3 is 0 Å². The van der Waals surface area contributed by atoms with Gasteiger partial charge in [-0.3, -0.25) is 4.98 Å². The minimum Gasteiger partial charge on any atom is -0.253 e. The molecule has 1 heterocycles. The van der Waals surface area contributed by atoms with Crippen molar-refractivity contribution in [1.29, 1.82) is 0 Å². The summed E-state index contributed by atoms with van der Waals surface area (Å²) in [4.78, 5) is 4.80. The Balaban J connectivity index is 0.00000132. The second-order valence-electron chi connectivity index (χ2n) is 5.34. The van der Waals surface area contributed by atoms with Crippen LogP contribution >= 0.6 is 12.4 Å². The van der Waals surface area contributed by atoms with Gasteiger partial charge in [-0.05, 0) is 35.2 Å². The number of pyridine rings is 1. The van der Waals surface area contributed by atoms with Gasteiger partial charge in [-0.1, -0.05) is 54.6 Å². The van der Waals surface area contributed by atoms with Crippen LogP contribution in [0.15, 0.2) is 60.7 Å². The van der Waals surface area contributed by atoms with Crippen LogP contribution in [-0.2, 0) is 6.42 Å². The largest absolute Gasteiger partial charge is 0.253 e. The van der Waals surface area contributed by atoms with E-state index in [0.29, 0.717) is 0 Å². The molecule has 0 saturated heterocycles. The molecule has 0 spiro atoms. The lowest BCUT2D eigenvalue weighted by atomic mass is 10.0. The van der Waals surface area contributed by atoms with Gasteiger partial charge < -0.3 is 0 Å². The van der Waals surface area contributed by atoms with Crippen molar-refractivity contribution in [3.05, 3.63) is 77.5 Å². The third-order valence-electron chi connectivity index (χ3n) is 3.97. The zero-order chi connectivity index (χ0) is 13.5. The Labute approximate surface area is 131 Å². The second kappa shape index (κ2) is 5.34. The molecule has 4 rings (SSSR count). The Bertz CT molecular complexity index is 794. The van der Waals surface area contributed by atoms with Crippen molar-refractivity contribution >= 4 is 12.4 Å². The lowest BCUT2D eigenvalue weighted by molar-refractivity contribution is 1.15. The third-order valence-corrected chi connectivity index (χ3v) is 3.97. The van der Waals surface area contributed by atoms with Gasteiger partial charge in [-0.25, -0.2) is 0 Å². The molecule has 0 saturated carbocycles. The van der Waals surface area contributed by atoms with Crippen LogP contribution in [0, 0.1) is 6.92 Å². The second-order valence-corrected chi connectivity index (χ2v) is 5.34. The molecule has 2 heteroatoms. The van der Waals surface area contributed by atoms with Crippen LogP contribution < -0.4 is 0 Å². The quantitative estimate of drug-likeness (QED) is 0.478. The van der Waals surface area contributed by atoms with E-state index in [1.807, 2.05) is 6.07 Å². The van der Waals surface area contributed by atoms with E-state index in [1.165, 1.54) is 27.8 Å². The van der Waals surface area contributed by atoms with Crippen molar-refractivity contribution in [3.8, 4) is 22.4 Å². The number of rotatable bonds is 1. The topological polar surface area (TPSA) is 12.9 Å². The number of aryl methyl sites for hydroxylation is 1. The molecular formula is C19H16ClN. The maximum atomic E-state index is 4.80. The van der Waals surface area contributed by atoms with Gasteiger partial charge in [-0.15, -0.1) is 12.4 Å². The summed E-state index contributed by atoms with van der Waals surface area (Å²) in [6.07, 6.45) is 0.989. The number of hydrogen-bond acceptors (Lipinski definition) is 1. The maximum Gasteiger partial charge on any atom is 0.0746 e. The molecule has 21 heavy (non-hydrogen) atoms. The van der Waals surface area contributed by atoms with E-state index in [2.05, 4.69) is 61.5 Å². The number of nitrogens with zero attached hydrogens (tertiary/aromatic N) is 1. The normalized spacial score (nSPS) is 11.5. The molecule has 2 aromatic carbocycles. The number of benzene rings is 2. The summed E-state index contributed by atoms with van der Waals surface area (Å²) in [5.41, 5.74) is 8.92. The smallest absolute Gasteiger partial charge is 0.0746 e. The Morgan fingerprint density at radius 1 is 0.857 bits per heavy atom. The van der Waals surface area contributed by atoms with Crippen LogP contribution in [0.5, 0.6) is 0 Å². The van der Waals surface area contributed by atoms with E-state index in [0.717, 1.165) is 17.8 Å². The average Bonchev–Trinajstić information content (AvgIpc) is 2.86. The predicted molar refractivity (Wildman–Crippen MR) is 89.9 cm³/mol. The first-order valence-electron chi connectivity index (χ1n) is 6.97. The third kappa shape index (κ3) is 2.24. The van der Waals surface area contributed by atoms with Gasteiger partial charge in [0.2, 0.25) is 0 Å². The van der Waals surface area contributed by atoms with Gasteiger partial charge in [0.05, 0.1) is 5.69 Å². The van der Waals surface area contributed by atoms with E-state index in [9.17, 15) is 0 Å². The number of hydrogen-bond donors (Lipinski definition) is 0. The van der Waals surface area contributed by atoms with Gasteiger partial charge in [-0.2, -0.15) is 0 Å². The van der Waals surface area contributed by atoms with Gasteiger partial charge in [0, 0.05) is 17.7 Å². The standard InChI is InChI=1S/C19H15N.ClH/c1-13-11-17-16-10-6-5-9-15(16)12-18(17)19(20-13)14-7-3-2-4-8-14;/h2-11H,12H2,1H3;1H. The van der Waals surface area contributed by atoms with Crippen LogP contribution in [0.25, 0.3) is 22.4 Å². The van der Waals surface area contributed by atoms with Crippen LogP contribution in [0.3, 0.4) is 0 Å². The van der Waals surface area contributed by atoms with Crippen LogP contribution in [0.2, 0.25) is 0 Å². The van der Waals surface area contributed by atoms with Crippen molar-refractivity contribution in [2.75, 3.05) is 0 Å². The molecule has 0 bridgehead atoms. The van der Waals surface area contributed by atoms with Crippen molar-refractivity contribution in [2.45, 2.75) is 13.3 Å². The number of fused-ring (bicyclic) bond motifs is 3. The Hall–Kier alpha value is -2.12. The van der Waals surface area contributed by atoms with E-state index in [4.69, 9.17) is 4.98 Å². The molecule has 1 nitrogen and oxygen atoms in total. The average molecular weight is 294 g/mol. The molecular weight excluding hydrogens is 278 g/mol.